The number of benzene rings is 2. The van der Waals surface area contributed by atoms with Gasteiger partial charge in [0.1, 0.15) is 45.4 Å². The summed E-state index contributed by atoms with van der Waals surface area (Å²) >= 11 is 0.912. The third kappa shape index (κ3) is 8.98. The monoisotopic (exact) mass is 683 g/mol. The Balaban J connectivity index is 1.29. The maximum absolute atomic E-state index is 14.7. The van der Waals surface area contributed by atoms with Crippen molar-refractivity contribution in [1.82, 2.24) is 20.1 Å². The minimum absolute atomic E-state index is 0.00540. The van der Waals surface area contributed by atoms with Gasteiger partial charge >= 0.3 is 12.2 Å². The number of thiazole rings is 1. The highest BCUT2D eigenvalue weighted by Crippen LogP contribution is 2.38. The summed E-state index contributed by atoms with van der Waals surface area (Å²) in [4.78, 5) is 31.7. The molecule has 4 aromatic rings. The van der Waals surface area contributed by atoms with E-state index in [-0.39, 0.29) is 33.9 Å². The van der Waals surface area contributed by atoms with Crippen LogP contribution in [0.2, 0.25) is 0 Å². The van der Waals surface area contributed by atoms with Gasteiger partial charge in [-0.2, -0.15) is 5.10 Å². The first-order valence-electron chi connectivity index (χ1n) is 15.5. The second-order valence-corrected chi connectivity index (χ2v) is 13.4. The van der Waals surface area contributed by atoms with E-state index in [0.717, 1.165) is 41.9 Å². The third-order valence-corrected chi connectivity index (χ3v) is 8.47. The van der Waals surface area contributed by atoms with Crippen LogP contribution < -0.4 is 20.9 Å². The largest absolute Gasteiger partial charge is 0.445 e. The predicted octanol–water partition coefficient (Wildman–Crippen LogP) is 6.56. The molecule has 48 heavy (non-hydrogen) atoms. The molecule has 3 heterocycles. The number of halogens is 2. The van der Waals surface area contributed by atoms with Crippen LogP contribution in [0.4, 0.5) is 34.9 Å². The normalized spacial score (nSPS) is 15.7. The van der Waals surface area contributed by atoms with Crippen LogP contribution in [0.25, 0.3) is 10.6 Å². The van der Waals surface area contributed by atoms with Crippen molar-refractivity contribution in [2.75, 3.05) is 28.6 Å². The fourth-order valence-corrected chi connectivity index (χ4v) is 6.30. The average Bonchev–Trinajstić information content (AvgIpc) is 3.51. The lowest BCUT2D eigenvalue weighted by Gasteiger charge is -2.25. The summed E-state index contributed by atoms with van der Waals surface area (Å²) in [6.07, 6.45) is 1.02. The van der Waals surface area contributed by atoms with E-state index in [9.17, 15) is 23.5 Å². The summed E-state index contributed by atoms with van der Waals surface area (Å²) in [6.45, 7) is 6.56. The van der Waals surface area contributed by atoms with Crippen LogP contribution in [-0.2, 0) is 23.1 Å². The number of aliphatic hydroxyl groups excluding tert-OH is 1. The number of rotatable bonds is 9. The molecule has 0 saturated carbocycles. The minimum Gasteiger partial charge on any atom is -0.445 e. The van der Waals surface area contributed by atoms with E-state index in [4.69, 9.17) is 9.47 Å². The number of carbonyl (C=O) groups excluding carboxylic acids is 2. The molecule has 0 aliphatic carbocycles. The van der Waals surface area contributed by atoms with E-state index in [0.29, 0.717) is 31.0 Å². The van der Waals surface area contributed by atoms with Gasteiger partial charge in [-0.15, -0.1) is 0 Å². The van der Waals surface area contributed by atoms with Gasteiger partial charge in [-0.3, -0.25) is 10.00 Å². The number of ether oxygens (including phenoxy) is 2. The van der Waals surface area contributed by atoms with E-state index in [1.165, 1.54) is 6.07 Å². The van der Waals surface area contributed by atoms with E-state index in [2.05, 4.69) is 30.9 Å². The Kier molecular flexibility index (Phi) is 10.8. The van der Waals surface area contributed by atoms with Crippen LogP contribution in [0.5, 0.6) is 0 Å². The fraction of sp³-hybridized carbons (Fsp3) is 0.394. The van der Waals surface area contributed by atoms with Gasteiger partial charge in [0.15, 0.2) is 6.23 Å². The molecule has 2 aromatic heterocycles. The Bertz CT molecular complexity index is 1730. The number of nitrogens with zero attached hydrogens (tertiary/aromatic N) is 4. The zero-order chi connectivity index (χ0) is 34.4. The molecular weight excluding hydrogens is 644 g/mol. The lowest BCUT2D eigenvalue weighted by atomic mass is 10.1. The molecule has 15 heteroatoms. The Morgan fingerprint density at radius 1 is 1.10 bits per heavy atom. The van der Waals surface area contributed by atoms with Crippen molar-refractivity contribution in [1.29, 1.82) is 0 Å². The van der Waals surface area contributed by atoms with Gasteiger partial charge in [0.25, 0.3) is 0 Å². The summed E-state index contributed by atoms with van der Waals surface area (Å²) in [7, 11) is 1.78. The first-order chi connectivity index (χ1) is 22.9. The first-order valence-corrected chi connectivity index (χ1v) is 16.3. The number of carbonyl (C=O) groups is 2. The Morgan fingerprint density at radius 3 is 2.60 bits per heavy atom. The predicted molar refractivity (Wildman–Crippen MR) is 179 cm³/mol. The number of aliphatic hydroxyl groups is 1. The van der Waals surface area contributed by atoms with Crippen molar-refractivity contribution in [3.63, 3.8) is 0 Å². The fourth-order valence-electron chi connectivity index (χ4n) is 5.29. The van der Waals surface area contributed by atoms with Crippen LogP contribution in [0, 0.1) is 11.6 Å². The van der Waals surface area contributed by atoms with Crippen molar-refractivity contribution >= 4 is 40.0 Å². The smallest absolute Gasteiger partial charge is 0.412 e. The average molecular weight is 684 g/mol. The zero-order valence-corrected chi connectivity index (χ0v) is 27.9. The number of hydrogen-bond acceptors (Lipinski definition) is 10. The molecule has 1 aliphatic heterocycles. The molecule has 4 N–H and O–H groups in total. The third-order valence-electron chi connectivity index (χ3n) is 7.45. The molecule has 0 radical (unpaired) electrons. The van der Waals surface area contributed by atoms with Gasteiger partial charge in [0.2, 0.25) is 0 Å². The number of aromatic nitrogens is 3. The number of amides is 2. The Labute approximate surface area is 281 Å². The molecule has 2 atom stereocenters. The van der Waals surface area contributed by atoms with Crippen molar-refractivity contribution in [2.45, 2.75) is 64.5 Å². The highest BCUT2D eigenvalue weighted by molar-refractivity contribution is 7.19. The van der Waals surface area contributed by atoms with Crippen LogP contribution in [-0.4, -0.2) is 56.8 Å². The van der Waals surface area contributed by atoms with Crippen molar-refractivity contribution in [3.05, 3.63) is 77.6 Å². The minimum atomic E-state index is -1.47. The van der Waals surface area contributed by atoms with Crippen LogP contribution in [0.15, 0.2) is 54.7 Å². The second kappa shape index (κ2) is 15.0. The summed E-state index contributed by atoms with van der Waals surface area (Å²) in [5.74, 6) is -0.887. The number of hydrogen-bond donors (Lipinski definition) is 4. The highest BCUT2D eigenvalue weighted by Gasteiger charge is 2.28. The van der Waals surface area contributed by atoms with Crippen molar-refractivity contribution in [3.8, 4) is 10.6 Å². The summed E-state index contributed by atoms with van der Waals surface area (Å²) in [5, 5.41) is 24.6. The maximum atomic E-state index is 14.7. The Morgan fingerprint density at radius 2 is 1.88 bits per heavy atom. The number of alkyl carbamates (subject to hydrolysis) is 1. The van der Waals surface area contributed by atoms with Crippen LogP contribution in [0.3, 0.4) is 0 Å². The van der Waals surface area contributed by atoms with E-state index in [1.807, 2.05) is 30.3 Å². The summed E-state index contributed by atoms with van der Waals surface area (Å²) in [6, 6.07) is 12.5. The van der Waals surface area contributed by atoms with E-state index in [1.54, 1.807) is 38.7 Å². The van der Waals surface area contributed by atoms with Gasteiger partial charge in [0, 0.05) is 37.8 Å². The van der Waals surface area contributed by atoms with Gasteiger partial charge in [0.05, 0.1) is 11.9 Å². The molecule has 0 bridgehead atoms. The standard InChI is InChI=1S/C33H39F2N7O5S/c1-33(2,3)47-32(45)40-29-26(39-28(48-29)23-13-12-21(34)17-24(23)35)27(43)38-25-18-36-41(4)30(25)42-15-8-11-22(14-16-42)37-31(44)46-19-20-9-6-5-7-10-20/h5-7,9-10,12-13,17-18,22,27,38,43H,8,11,14-16,19H2,1-4H3,(H,37,44)(H,40,45)/t22-,27?/m1/s1. The van der Waals surface area contributed by atoms with Crippen molar-refractivity contribution < 1.29 is 33.0 Å². The molecule has 1 fully saturated rings. The lowest BCUT2D eigenvalue weighted by molar-refractivity contribution is 0.0636. The summed E-state index contributed by atoms with van der Waals surface area (Å²) in [5.41, 5.74) is 0.609. The topological polar surface area (TPSA) is 143 Å². The molecule has 1 aliphatic rings. The van der Waals surface area contributed by atoms with E-state index >= 15 is 0 Å². The zero-order valence-electron chi connectivity index (χ0n) is 27.1. The number of aryl methyl sites for hydroxylation is 1. The van der Waals surface area contributed by atoms with E-state index < -0.39 is 35.6 Å². The highest BCUT2D eigenvalue weighted by atomic mass is 32.1. The molecule has 2 amide bonds. The SMILES string of the molecule is Cn1ncc(NC(O)c2nc(-c3ccc(F)cc3F)sc2NC(=O)OC(C)(C)C)c1N1CCC[C@@H](NC(=O)OCc2ccccc2)CC1. The molecule has 2 aromatic carbocycles. The molecule has 1 saturated heterocycles. The van der Waals surface area contributed by atoms with Gasteiger partial charge < -0.3 is 30.1 Å². The van der Waals surface area contributed by atoms with Crippen LogP contribution in [0.1, 0.15) is 57.5 Å². The van der Waals surface area contributed by atoms with Gasteiger partial charge in [-0.25, -0.2) is 23.4 Å². The Hall–Kier alpha value is -4.76. The number of anilines is 3. The molecular formula is C33H39F2N7O5S. The lowest BCUT2D eigenvalue weighted by Crippen LogP contribution is -2.36. The van der Waals surface area contributed by atoms with Crippen LogP contribution >= 0.6 is 11.3 Å². The molecule has 1 unspecified atom stereocenters. The maximum Gasteiger partial charge on any atom is 0.412 e. The van der Waals surface area contributed by atoms with Gasteiger partial charge in [-0.1, -0.05) is 41.7 Å². The first kappa shape index (κ1) is 34.6. The quantitative estimate of drug-likeness (QED) is 0.144. The number of nitrogens with one attached hydrogen (secondary N) is 3. The summed E-state index contributed by atoms with van der Waals surface area (Å²) < 4.78 is 40.8. The molecule has 12 nitrogen and oxygen atoms in total. The van der Waals surface area contributed by atoms with Crippen molar-refractivity contribution in [2.24, 2.45) is 7.05 Å². The molecule has 256 valence electrons. The molecule has 0 spiro atoms. The second-order valence-electron chi connectivity index (χ2n) is 12.4. The van der Waals surface area contributed by atoms with Gasteiger partial charge in [-0.05, 0) is 57.7 Å². The molecule has 5 rings (SSSR count).